The second kappa shape index (κ2) is 7.03. The molecule has 1 fully saturated rings. The summed E-state index contributed by atoms with van der Waals surface area (Å²) < 4.78 is 0.943. The lowest BCUT2D eigenvalue weighted by atomic mass is 10.1. The molecule has 1 aromatic carbocycles. The zero-order valence-electron chi connectivity index (χ0n) is 10.7. The molecule has 1 amide bonds. The molecular formula is C14H19BrN2O2. The number of aliphatic hydroxyl groups excluding tert-OH is 1. The van der Waals surface area contributed by atoms with Crippen molar-refractivity contribution in [2.24, 2.45) is 5.92 Å². The van der Waals surface area contributed by atoms with Crippen molar-refractivity contribution < 1.29 is 9.90 Å². The van der Waals surface area contributed by atoms with Crippen molar-refractivity contribution in [1.29, 1.82) is 0 Å². The summed E-state index contributed by atoms with van der Waals surface area (Å²) in [5, 5.41) is 15.4. The Balaban J connectivity index is 1.67. The molecule has 1 aromatic rings. The minimum atomic E-state index is -0.151. The van der Waals surface area contributed by atoms with Crippen LogP contribution in [0.2, 0.25) is 0 Å². The maximum Gasteiger partial charge on any atom is 0.238 e. The lowest BCUT2D eigenvalue weighted by Crippen LogP contribution is -2.31. The number of rotatable bonds is 5. The maximum absolute atomic E-state index is 11.7. The lowest BCUT2D eigenvalue weighted by molar-refractivity contribution is -0.115. The molecule has 19 heavy (non-hydrogen) atoms. The molecule has 4 nitrogen and oxygen atoms in total. The highest BCUT2D eigenvalue weighted by Crippen LogP contribution is 2.24. The third-order valence-corrected chi connectivity index (χ3v) is 3.83. The monoisotopic (exact) mass is 326 g/mol. The highest BCUT2D eigenvalue weighted by Gasteiger charge is 2.22. The van der Waals surface area contributed by atoms with E-state index in [4.69, 9.17) is 0 Å². The van der Waals surface area contributed by atoms with E-state index in [0.29, 0.717) is 12.5 Å². The van der Waals surface area contributed by atoms with E-state index in [1.54, 1.807) is 0 Å². The van der Waals surface area contributed by atoms with Crippen LogP contribution in [0.15, 0.2) is 28.7 Å². The van der Waals surface area contributed by atoms with Crippen LogP contribution in [0.4, 0.5) is 5.69 Å². The van der Waals surface area contributed by atoms with Crippen molar-refractivity contribution in [3.63, 3.8) is 0 Å². The van der Waals surface area contributed by atoms with E-state index >= 15 is 0 Å². The van der Waals surface area contributed by atoms with Crippen LogP contribution in [0.3, 0.4) is 0 Å². The van der Waals surface area contributed by atoms with Crippen molar-refractivity contribution in [3.05, 3.63) is 28.7 Å². The van der Waals surface area contributed by atoms with Gasteiger partial charge in [0, 0.05) is 10.2 Å². The smallest absolute Gasteiger partial charge is 0.238 e. The number of aliphatic hydroxyl groups is 1. The van der Waals surface area contributed by atoms with Gasteiger partial charge in [-0.1, -0.05) is 22.0 Å². The highest BCUT2D eigenvalue weighted by atomic mass is 79.9. The van der Waals surface area contributed by atoms with Crippen LogP contribution < -0.4 is 10.6 Å². The summed E-state index contributed by atoms with van der Waals surface area (Å²) >= 11 is 3.36. The summed E-state index contributed by atoms with van der Waals surface area (Å²) in [6.45, 7) is 1.10. The SMILES string of the molecule is O=C(CNCC1CCC(O)C1)Nc1cccc(Br)c1. The first kappa shape index (κ1) is 14.5. The number of hydrogen-bond donors (Lipinski definition) is 3. The first-order chi connectivity index (χ1) is 9.13. The summed E-state index contributed by atoms with van der Waals surface area (Å²) in [6.07, 6.45) is 2.63. The number of benzene rings is 1. The normalized spacial score (nSPS) is 22.4. The molecule has 0 spiro atoms. The topological polar surface area (TPSA) is 61.4 Å². The molecular weight excluding hydrogens is 308 g/mol. The molecule has 1 saturated carbocycles. The Morgan fingerprint density at radius 1 is 1.42 bits per heavy atom. The number of amides is 1. The van der Waals surface area contributed by atoms with E-state index in [0.717, 1.165) is 36.0 Å². The summed E-state index contributed by atoms with van der Waals surface area (Å²) in [7, 11) is 0. The van der Waals surface area contributed by atoms with Crippen LogP contribution in [-0.4, -0.2) is 30.2 Å². The number of hydrogen-bond acceptors (Lipinski definition) is 3. The van der Waals surface area contributed by atoms with Crippen LogP contribution in [-0.2, 0) is 4.79 Å². The predicted octanol–water partition coefficient (Wildman–Crippen LogP) is 2.14. The van der Waals surface area contributed by atoms with Gasteiger partial charge in [0.1, 0.15) is 0 Å². The third kappa shape index (κ3) is 4.93. The van der Waals surface area contributed by atoms with Gasteiger partial charge in [-0.25, -0.2) is 0 Å². The minimum Gasteiger partial charge on any atom is -0.393 e. The summed E-state index contributed by atoms with van der Waals surface area (Å²) in [4.78, 5) is 11.7. The fourth-order valence-corrected chi connectivity index (χ4v) is 2.79. The zero-order chi connectivity index (χ0) is 13.7. The molecule has 3 N–H and O–H groups in total. The molecule has 0 saturated heterocycles. The quantitative estimate of drug-likeness (QED) is 0.776. The van der Waals surface area contributed by atoms with Gasteiger partial charge >= 0.3 is 0 Å². The molecule has 5 heteroatoms. The average molecular weight is 327 g/mol. The predicted molar refractivity (Wildman–Crippen MR) is 79.0 cm³/mol. The maximum atomic E-state index is 11.7. The second-order valence-electron chi connectivity index (χ2n) is 5.02. The molecule has 0 radical (unpaired) electrons. The van der Waals surface area contributed by atoms with Crippen molar-refractivity contribution in [2.75, 3.05) is 18.4 Å². The fourth-order valence-electron chi connectivity index (χ4n) is 2.40. The van der Waals surface area contributed by atoms with Gasteiger partial charge in [-0.3, -0.25) is 4.79 Å². The number of nitrogens with one attached hydrogen (secondary N) is 2. The molecule has 0 aliphatic heterocycles. The highest BCUT2D eigenvalue weighted by molar-refractivity contribution is 9.10. The van der Waals surface area contributed by atoms with Crippen LogP contribution >= 0.6 is 15.9 Å². The molecule has 2 atom stereocenters. The van der Waals surface area contributed by atoms with Crippen molar-refractivity contribution in [1.82, 2.24) is 5.32 Å². The van der Waals surface area contributed by atoms with E-state index in [2.05, 4.69) is 26.6 Å². The van der Waals surface area contributed by atoms with Crippen LogP contribution in [0, 0.1) is 5.92 Å². The first-order valence-corrected chi connectivity index (χ1v) is 7.37. The lowest BCUT2D eigenvalue weighted by Gasteiger charge is -2.11. The summed E-state index contributed by atoms with van der Waals surface area (Å²) in [5.74, 6) is 0.449. The summed E-state index contributed by atoms with van der Waals surface area (Å²) in [6, 6.07) is 7.52. The Kier molecular flexibility index (Phi) is 5.36. The van der Waals surface area contributed by atoms with E-state index in [1.165, 1.54) is 0 Å². The van der Waals surface area contributed by atoms with Gasteiger partial charge < -0.3 is 15.7 Å². The number of carbonyl (C=O) groups is 1. The molecule has 2 rings (SSSR count). The van der Waals surface area contributed by atoms with E-state index in [-0.39, 0.29) is 12.0 Å². The van der Waals surface area contributed by atoms with Crippen LogP contribution in [0.1, 0.15) is 19.3 Å². The van der Waals surface area contributed by atoms with Crippen LogP contribution in [0.5, 0.6) is 0 Å². The second-order valence-corrected chi connectivity index (χ2v) is 5.94. The van der Waals surface area contributed by atoms with Gasteiger partial charge in [0.05, 0.1) is 12.6 Å². The van der Waals surface area contributed by atoms with E-state index in [1.807, 2.05) is 24.3 Å². The Labute approximate surface area is 121 Å². The van der Waals surface area contributed by atoms with Crippen LogP contribution in [0.25, 0.3) is 0 Å². The minimum absolute atomic E-state index is 0.0448. The average Bonchev–Trinajstić information content (AvgIpc) is 2.75. The van der Waals surface area contributed by atoms with E-state index < -0.39 is 0 Å². The fraction of sp³-hybridized carbons (Fsp3) is 0.500. The molecule has 0 heterocycles. The van der Waals surface area contributed by atoms with Crippen molar-refractivity contribution in [3.8, 4) is 0 Å². The Bertz CT molecular complexity index is 439. The standard InChI is InChI=1S/C14H19BrN2O2/c15-11-2-1-3-12(7-11)17-14(19)9-16-8-10-4-5-13(18)6-10/h1-3,7,10,13,16,18H,4-6,8-9H2,(H,17,19). The van der Waals surface area contributed by atoms with E-state index in [9.17, 15) is 9.90 Å². The summed E-state index contributed by atoms with van der Waals surface area (Å²) in [5.41, 5.74) is 0.789. The number of halogens is 1. The van der Waals surface area contributed by atoms with Gasteiger partial charge in [-0.05, 0) is 49.9 Å². The van der Waals surface area contributed by atoms with Gasteiger partial charge in [-0.2, -0.15) is 0 Å². The van der Waals surface area contributed by atoms with Crippen molar-refractivity contribution in [2.45, 2.75) is 25.4 Å². The molecule has 2 unspecified atom stereocenters. The molecule has 104 valence electrons. The Morgan fingerprint density at radius 3 is 2.95 bits per heavy atom. The largest absolute Gasteiger partial charge is 0.393 e. The Morgan fingerprint density at radius 2 is 2.26 bits per heavy atom. The molecule has 1 aliphatic carbocycles. The number of carbonyl (C=O) groups excluding carboxylic acids is 1. The molecule has 1 aliphatic rings. The molecule has 0 bridgehead atoms. The van der Waals surface area contributed by atoms with Gasteiger partial charge in [-0.15, -0.1) is 0 Å². The van der Waals surface area contributed by atoms with Gasteiger partial charge in [0.25, 0.3) is 0 Å². The zero-order valence-corrected chi connectivity index (χ0v) is 12.3. The number of anilines is 1. The van der Waals surface area contributed by atoms with Gasteiger partial charge in [0.2, 0.25) is 5.91 Å². The van der Waals surface area contributed by atoms with Crippen molar-refractivity contribution >= 4 is 27.5 Å². The third-order valence-electron chi connectivity index (χ3n) is 3.34. The Hall–Kier alpha value is -0.910. The first-order valence-electron chi connectivity index (χ1n) is 6.57. The van der Waals surface area contributed by atoms with Gasteiger partial charge in [0.15, 0.2) is 0 Å². The molecule has 0 aromatic heterocycles.